The summed E-state index contributed by atoms with van der Waals surface area (Å²) in [4.78, 5) is 0. The molecule has 0 aliphatic rings. The molecule has 0 amide bonds. The van der Waals surface area contributed by atoms with E-state index in [0.29, 0.717) is 5.04 Å². The second-order valence-corrected chi connectivity index (χ2v) is 14.2. The summed E-state index contributed by atoms with van der Waals surface area (Å²) in [6.45, 7) is 14.9. The van der Waals surface area contributed by atoms with Crippen molar-refractivity contribution in [3.05, 3.63) is 6.42 Å². The van der Waals surface area contributed by atoms with E-state index >= 15 is 0 Å². The minimum absolute atomic E-state index is 0.342. The Morgan fingerprint density at radius 1 is 0.680 bits per heavy atom. The van der Waals surface area contributed by atoms with Crippen LogP contribution in [0.25, 0.3) is 0 Å². The Morgan fingerprint density at radius 2 is 1.12 bits per heavy atom. The van der Waals surface area contributed by atoms with Gasteiger partial charge in [-0.05, 0) is 31.0 Å². The quantitative estimate of drug-likeness (QED) is 0.184. The van der Waals surface area contributed by atoms with E-state index in [1.807, 2.05) is 0 Å². The van der Waals surface area contributed by atoms with E-state index in [-0.39, 0.29) is 0 Å². The van der Waals surface area contributed by atoms with Crippen molar-refractivity contribution in [2.45, 2.75) is 136 Å². The van der Waals surface area contributed by atoms with Gasteiger partial charge in [-0.2, -0.15) is 0 Å². The highest BCUT2D eigenvalue weighted by molar-refractivity contribution is 6.74. The molecule has 0 aliphatic heterocycles. The smallest absolute Gasteiger partial charge is 0.191 e. The predicted octanol–water partition coefficient (Wildman–Crippen LogP) is 8.69. The normalized spacial score (nSPS) is 12.7. The molecule has 0 rings (SSSR count). The number of hydrogen-bond acceptors (Lipinski definition) is 1. The molecule has 0 aromatic rings. The van der Waals surface area contributed by atoms with Gasteiger partial charge >= 0.3 is 0 Å². The van der Waals surface area contributed by atoms with Crippen LogP contribution in [0.1, 0.15) is 118 Å². The Kier molecular flexibility index (Phi) is 15.4. The molecule has 0 N–H and O–H groups in total. The van der Waals surface area contributed by atoms with Gasteiger partial charge < -0.3 is 4.43 Å². The number of unbranched alkanes of at least 4 members (excludes halogenated alkanes) is 14. The first-order valence-electron chi connectivity index (χ1n) is 11.3. The molecule has 0 atom stereocenters. The van der Waals surface area contributed by atoms with Gasteiger partial charge in [-0.3, -0.25) is 0 Å². The molecule has 0 aliphatic carbocycles. The molecule has 0 saturated carbocycles. The van der Waals surface area contributed by atoms with Crippen LogP contribution in [-0.4, -0.2) is 14.9 Å². The Bertz CT molecular complexity index is 280. The van der Waals surface area contributed by atoms with E-state index in [1.165, 1.54) is 89.9 Å². The lowest BCUT2D eigenvalue weighted by Crippen LogP contribution is -2.40. The van der Waals surface area contributed by atoms with Gasteiger partial charge in [0, 0.05) is 6.61 Å². The molecule has 0 bridgehead atoms. The standard InChI is InChI=1S/C23H49OSi/c1-7-8-9-10-11-12-13-14-15-16-17-18-19-20-21-22-24-25(5,6)23(2,3)4/h18H,7-17,19-22H2,1-6H3. The molecule has 151 valence electrons. The molecule has 0 spiro atoms. The van der Waals surface area contributed by atoms with Crippen LogP contribution in [0.5, 0.6) is 0 Å². The number of hydrogen-bond donors (Lipinski definition) is 0. The average Bonchev–Trinajstić information content (AvgIpc) is 2.53. The Morgan fingerprint density at radius 3 is 1.60 bits per heavy atom. The first kappa shape index (κ1) is 25.2. The lowest BCUT2D eigenvalue weighted by molar-refractivity contribution is 0.279. The second-order valence-electron chi connectivity index (χ2n) is 9.36. The molecule has 0 fully saturated rings. The van der Waals surface area contributed by atoms with Gasteiger partial charge in [0.15, 0.2) is 8.32 Å². The van der Waals surface area contributed by atoms with Gasteiger partial charge in [0.2, 0.25) is 0 Å². The van der Waals surface area contributed by atoms with Crippen LogP contribution < -0.4 is 0 Å². The molecule has 0 unspecified atom stereocenters. The zero-order valence-electron chi connectivity index (χ0n) is 18.6. The van der Waals surface area contributed by atoms with Crippen LogP contribution in [0.4, 0.5) is 0 Å². The van der Waals surface area contributed by atoms with E-state index in [0.717, 1.165) is 6.61 Å². The summed E-state index contributed by atoms with van der Waals surface area (Å²) < 4.78 is 6.23. The zero-order chi connectivity index (χ0) is 19.0. The fraction of sp³-hybridized carbons (Fsp3) is 0.957. The Labute approximate surface area is 161 Å². The van der Waals surface area contributed by atoms with Crippen molar-refractivity contribution in [2.75, 3.05) is 6.61 Å². The Hall–Kier alpha value is 0.177. The van der Waals surface area contributed by atoms with Crippen molar-refractivity contribution < 1.29 is 4.43 Å². The maximum Gasteiger partial charge on any atom is 0.191 e. The minimum atomic E-state index is -1.52. The minimum Gasteiger partial charge on any atom is -0.417 e. The molecular formula is C23H49OSi. The molecule has 2 heteroatoms. The molecule has 0 aromatic heterocycles. The van der Waals surface area contributed by atoms with Crippen molar-refractivity contribution in [2.24, 2.45) is 0 Å². The van der Waals surface area contributed by atoms with Crippen LogP contribution in [0.15, 0.2) is 0 Å². The highest BCUT2D eigenvalue weighted by atomic mass is 28.4. The fourth-order valence-corrected chi connectivity index (χ4v) is 3.94. The molecule has 0 saturated heterocycles. The lowest BCUT2D eigenvalue weighted by atomic mass is 10.0. The Balaban J connectivity index is 3.22. The van der Waals surface area contributed by atoms with Gasteiger partial charge in [0.25, 0.3) is 0 Å². The molecule has 0 aromatic carbocycles. The van der Waals surface area contributed by atoms with Gasteiger partial charge in [-0.25, -0.2) is 0 Å². The average molecular weight is 370 g/mol. The highest BCUT2D eigenvalue weighted by Crippen LogP contribution is 2.36. The highest BCUT2D eigenvalue weighted by Gasteiger charge is 2.36. The number of rotatable bonds is 17. The monoisotopic (exact) mass is 369 g/mol. The topological polar surface area (TPSA) is 9.23 Å². The molecule has 1 nitrogen and oxygen atoms in total. The van der Waals surface area contributed by atoms with Gasteiger partial charge in [-0.1, -0.05) is 111 Å². The van der Waals surface area contributed by atoms with Crippen LogP contribution >= 0.6 is 0 Å². The van der Waals surface area contributed by atoms with Crippen molar-refractivity contribution in [3.8, 4) is 0 Å². The van der Waals surface area contributed by atoms with Gasteiger partial charge in [0.05, 0.1) is 0 Å². The first-order valence-corrected chi connectivity index (χ1v) is 14.2. The summed E-state index contributed by atoms with van der Waals surface area (Å²) in [7, 11) is -1.52. The molecular weight excluding hydrogens is 320 g/mol. The summed E-state index contributed by atoms with van der Waals surface area (Å²) in [5.74, 6) is 0. The lowest BCUT2D eigenvalue weighted by Gasteiger charge is -2.36. The first-order chi connectivity index (χ1) is 11.8. The van der Waals surface area contributed by atoms with E-state index in [2.05, 4.69) is 47.2 Å². The van der Waals surface area contributed by atoms with Crippen LogP contribution in [0, 0.1) is 6.42 Å². The van der Waals surface area contributed by atoms with Gasteiger partial charge in [0.1, 0.15) is 0 Å². The van der Waals surface area contributed by atoms with E-state index in [4.69, 9.17) is 4.43 Å². The maximum atomic E-state index is 6.23. The third-order valence-electron chi connectivity index (χ3n) is 5.83. The van der Waals surface area contributed by atoms with E-state index in [1.54, 1.807) is 0 Å². The molecule has 25 heavy (non-hydrogen) atoms. The van der Waals surface area contributed by atoms with Gasteiger partial charge in [-0.15, -0.1) is 0 Å². The summed E-state index contributed by atoms with van der Waals surface area (Å²) in [5.41, 5.74) is 0. The third-order valence-corrected chi connectivity index (χ3v) is 10.4. The third kappa shape index (κ3) is 15.0. The summed E-state index contributed by atoms with van der Waals surface area (Å²) in [6, 6.07) is 0. The second kappa shape index (κ2) is 15.3. The molecule has 1 radical (unpaired) electrons. The largest absolute Gasteiger partial charge is 0.417 e. The van der Waals surface area contributed by atoms with Crippen LogP contribution in [0.2, 0.25) is 18.1 Å². The van der Waals surface area contributed by atoms with Crippen molar-refractivity contribution in [1.82, 2.24) is 0 Å². The molecule has 0 heterocycles. The van der Waals surface area contributed by atoms with Crippen molar-refractivity contribution in [3.63, 3.8) is 0 Å². The fourth-order valence-electron chi connectivity index (χ4n) is 2.86. The maximum absolute atomic E-state index is 6.23. The van der Waals surface area contributed by atoms with Crippen molar-refractivity contribution >= 4 is 8.32 Å². The van der Waals surface area contributed by atoms with Crippen LogP contribution in [0.3, 0.4) is 0 Å². The summed E-state index contributed by atoms with van der Waals surface area (Å²) in [6.07, 6.45) is 22.0. The van der Waals surface area contributed by atoms with E-state index < -0.39 is 8.32 Å². The van der Waals surface area contributed by atoms with E-state index in [9.17, 15) is 0 Å². The van der Waals surface area contributed by atoms with Crippen LogP contribution in [-0.2, 0) is 4.43 Å². The zero-order valence-corrected chi connectivity index (χ0v) is 19.6. The van der Waals surface area contributed by atoms with Crippen molar-refractivity contribution in [1.29, 1.82) is 0 Å². The predicted molar refractivity (Wildman–Crippen MR) is 118 cm³/mol. The SMILES string of the molecule is CCCCCCCCCCCC[CH]CCCCO[Si](C)(C)C(C)(C)C. The summed E-state index contributed by atoms with van der Waals surface area (Å²) in [5, 5.41) is 0.342. The summed E-state index contributed by atoms with van der Waals surface area (Å²) >= 11 is 0.